The molecular formula is C13H21N3O2. The van der Waals surface area contributed by atoms with Gasteiger partial charge in [-0.1, -0.05) is 13.8 Å². The molecule has 0 bridgehead atoms. The third-order valence-corrected chi connectivity index (χ3v) is 2.29. The molecule has 0 atom stereocenters. The summed E-state index contributed by atoms with van der Waals surface area (Å²) in [5, 5.41) is 3.25. The van der Waals surface area contributed by atoms with Crippen molar-refractivity contribution in [3.05, 3.63) is 23.9 Å². The second-order valence-electron chi connectivity index (χ2n) is 4.54. The molecule has 100 valence electrons. The lowest BCUT2D eigenvalue weighted by atomic mass is 10.2. The van der Waals surface area contributed by atoms with E-state index in [1.54, 1.807) is 26.2 Å². The molecule has 1 amide bonds. The number of ether oxygens (including phenoxy) is 1. The number of carbonyl (C=O) groups is 1. The standard InChI is InChI=1S/C13H21N3O2/c1-10(2)14-7-8-18-12-6-5-11(9-15-12)13(17)16(3)4/h5-6,9-10,14H,7-8H2,1-4H3. The summed E-state index contributed by atoms with van der Waals surface area (Å²) in [5.74, 6) is 0.478. The highest BCUT2D eigenvalue weighted by Gasteiger charge is 2.08. The number of hydrogen-bond donors (Lipinski definition) is 1. The third-order valence-electron chi connectivity index (χ3n) is 2.29. The zero-order valence-corrected chi connectivity index (χ0v) is 11.4. The SMILES string of the molecule is CC(C)NCCOc1ccc(C(=O)N(C)C)cn1. The Kier molecular flexibility index (Phi) is 5.58. The maximum absolute atomic E-state index is 11.6. The van der Waals surface area contributed by atoms with Gasteiger partial charge in [-0.25, -0.2) is 4.98 Å². The van der Waals surface area contributed by atoms with Gasteiger partial charge in [0.15, 0.2) is 0 Å². The molecule has 1 N–H and O–H groups in total. The number of nitrogens with one attached hydrogen (secondary N) is 1. The van der Waals surface area contributed by atoms with Crippen LogP contribution in [-0.4, -0.2) is 49.1 Å². The van der Waals surface area contributed by atoms with E-state index in [1.165, 1.54) is 11.1 Å². The van der Waals surface area contributed by atoms with Gasteiger partial charge >= 0.3 is 0 Å². The van der Waals surface area contributed by atoms with Crippen LogP contribution in [0.1, 0.15) is 24.2 Å². The van der Waals surface area contributed by atoms with Crippen LogP contribution in [0.4, 0.5) is 0 Å². The summed E-state index contributed by atoms with van der Waals surface area (Å²) in [4.78, 5) is 17.2. The van der Waals surface area contributed by atoms with Crippen molar-refractivity contribution in [3.63, 3.8) is 0 Å². The maximum atomic E-state index is 11.6. The summed E-state index contributed by atoms with van der Waals surface area (Å²) in [6, 6.07) is 3.88. The van der Waals surface area contributed by atoms with Crippen molar-refractivity contribution in [2.75, 3.05) is 27.2 Å². The molecule has 5 heteroatoms. The van der Waals surface area contributed by atoms with Crippen molar-refractivity contribution in [1.29, 1.82) is 0 Å². The van der Waals surface area contributed by atoms with E-state index in [1.807, 2.05) is 0 Å². The van der Waals surface area contributed by atoms with Gasteiger partial charge in [0.2, 0.25) is 5.88 Å². The highest BCUT2D eigenvalue weighted by atomic mass is 16.5. The van der Waals surface area contributed by atoms with E-state index < -0.39 is 0 Å². The zero-order chi connectivity index (χ0) is 13.5. The van der Waals surface area contributed by atoms with Gasteiger partial charge in [0.25, 0.3) is 5.91 Å². The van der Waals surface area contributed by atoms with Crippen molar-refractivity contribution in [2.24, 2.45) is 0 Å². The smallest absolute Gasteiger partial charge is 0.254 e. The molecule has 1 aromatic heterocycles. The third kappa shape index (κ3) is 4.71. The topological polar surface area (TPSA) is 54.5 Å². The van der Waals surface area contributed by atoms with Crippen LogP contribution in [0, 0.1) is 0 Å². The van der Waals surface area contributed by atoms with E-state index in [0.717, 1.165) is 6.54 Å². The summed E-state index contributed by atoms with van der Waals surface area (Å²) in [6.45, 7) is 5.50. The lowest BCUT2D eigenvalue weighted by Crippen LogP contribution is -2.27. The van der Waals surface area contributed by atoms with E-state index in [4.69, 9.17) is 4.74 Å². The van der Waals surface area contributed by atoms with Gasteiger partial charge in [-0.05, 0) is 6.07 Å². The van der Waals surface area contributed by atoms with E-state index in [9.17, 15) is 4.79 Å². The van der Waals surface area contributed by atoms with Crippen molar-refractivity contribution >= 4 is 5.91 Å². The Morgan fingerprint density at radius 1 is 1.44 bits per heavy atom. The quantitative estimate of drug-likeness (QED) is 0.771. The molecule has 0 aliphatic rings. The number of amides is 1. The second kappa shape index (κ2) is 6.96. The zero-order valence-electron chi connectivity index (χ0n) is 11.4. The number of pyridine rings is 1. The van der Waals surface area contributed by atoms with Crippen LogP contribution in [0.2, 0.25) is 0 Å². The minimum atomic E-state index is -0.0597. The minimum absolute atomic E-state index is 0.0597. The molecule has 0 aliphatic carbocycles. The average molecular weight is 251 g/mol. The van der Waals surface area contributed by atoms with Gasteiger partial charge < -0.3 is 15.0 Å². The van der Waals surface area contributed by atoms with Gasteiger partial charge in [-0.3, -0.25) is 4.79 Å². The molecule has 0 aromatic carbocycles. The molecule has 0 saturated carbocycles. The fourth-order valence-corrected chi connectivity index (χ4v) is 1.35. The van der Waals surface area contributed by atoms with Crippen LogP contribution in [0.25, 0.3) is 0 Å². The lowest BCUT2D eigenvalue weighted by molar-refractivity contribution is 0.0827. The first-order valence-electron chi connectivity index (χ1n) is 6.04. The average Bonchev–Trinajstić information content (AvgIpc) is 2.34. The van der Waals surface area contributed by atoms with Gasteiger partial charge in [-0.15, -0.1) is 0 Å². The van der Waals surface area contributed by atoms with Gasteiger partial charge in [0, 0.05) is 38.9 Å². The first-order chi connectivity index (χ1) is 8.50. The number of aromatic nitrogens is 1. The first-order valence-corrected chi connectivity index (χ1v) is 6.04. The Morgan fingerprint density at radius 2 is 2.17 bits per heavy atom. The number of carbonyl (C=O) groups excluding carboxylic acids is 1. The van der Waals surface area contributed by atoms with Crippen molar-refractivity contribution < 1.29 is 9.53 Å². The predicted octanol–water partition coefficient (Wildman–Crippen LogP) is 1.16. The number of rotatable bonds is 6. The monoisotopic (exact) mass is 251 g/mol. The molecule has 0 radical (unpaired) electrons. The minimum Gasteiger partial charge on any atom is -0.476 e. The highest BCUT2D eigenvalue weighted by Crippen LogP contribution is 2.08. The maximum Gasteiger partial charge on any atom is 0.254 e. The van der Waals surface area contributed by atoms with E-state index in [-0.39, 0.29) is 5.91 Å². The van der Waals surface area contributed by atoms with Gasteiger partial charge in [-0.2, -0.15) is 0 Å². The molecule has 0 aliphatic heterocycles. The van der Waals surface area contributed by atoms with Crippen molar-refractivity contribution in [1.82, 2.24) is 15.2 Å². The molecule has 0 unspecified atom stereocenters. The fourth-order valence-electron chi connectivity index (χ4n) is 1.35. The summed E-state index contributed by atoms with van der Waals surface area (Å²) in [5.41, 5.74) is 0.563. The summed E-state index contributed by atoms with van der Waals surface area (Å²) >= 11 is 0. The Labute approximate surface area is 108 Å². The van der Waals surface area contributed by atoms with E-state index in [0.29, 0.717) is 24.1 Å². The second-order valence-corrected chi connectivity index (χ2v) is 4.54. The van der Waals surface area contributed by atoms with E-state index >= 15 is 0 Å². The van der Waals surface area contributed by atoms with Crippen molar-refractivity contribution in [3.8, 4) is 5.88 Å². The largest absolute Gasteiger partial charge is 0.476 e. The van der Waals surface area contributed by atoms with Crippen LogP contribution in [0.5, 0.6) is 5.88 Å². The molecule has 5 nitrogen and oxygen atoms in total. The molecule has 1 aromatic rings. The fraction of sp³-hybridized carbons (Fsp3) is 0.538. The molecule has 0 saturated heterocycles. The molecule has 18 heavy (non-hydrogen) atoms. The Hall–Kier alpha value is -1.62. The number of nitrogens with zero attached hydrogens (tertiary/aromatic N) is 2. The highest BCUT2D eigenvalue weighted by molar-refractivity contribution is 5.93. The Morgan fingerprint density at radius 3 is 2.67 bits per heavy atom. The summed E-state index contributed by atoms with van der Waals surface area (Å²) in [6.07, 6.45) is 1.54. The molecule has 1 rings (SSSR count). The molecule has 1 heterocycles. The first kappa shape index (κ1) is 14.4. The van der Waals surface area contributed by atoms with Crippen LogP contribution in [-0.2, 0) is 0 Å². The normalized spacial score (nSPS) is 10.5. The van der Waals surface area contributed by atoms with Gasteiger partial charge in [0.05, 0.1) is 5.56 Å². The van der Waals surface area contributed by atoms with Gasteiger partial charge in [0.1, 0.15) is 6.61 Å². The van der Waals surface area contributed by atoms with Crippen molar-refractivity contribution in [2.45, 2.75) is 19.9 Å². The Bertz CT molecular complexity index is 374. The summed E-state index contributed by atoms with van der Waals surface area (Å²) in [7, 11) is 3.43. The van der Waals surface area contributed by atoms with Crippen LogP contribution in [0.15, 0.2) is 18.3 Å². The Balaban J connectivity index is 2.43. The van der Waals surface area contributed by atoms with Crippen LogP contribution < -0.4 is 10.1 Å². The van der Waals surface area contributed by atoms with Crippen LogP contribution >= 0.6 is 0 Å². The van der Waals surface area contributed by atoms with Crippen LogP contribution in [0.3, 0.4) is 0 Å². The number of hydrogen-bond acceptors (Lipinski definition) is 4. The molecule has 0 spiro atoms. The lowest BCUT2D eigenvalue weighted by Gasteiger charge is -2.11. The predicted molar refractivity (Wildman–Crippen MR) is 70.9 cm³/mol. The summed E-state index contributed by atoms with van der Waals surface area (Å²) < 4.78 is 5.45. The van der Waals surface area contributed by atoms with E-state index in [2.05, 4.69) is 24.1 Å². The molecule has 0 fully saturated rings. The molecular weight excluding hydrogens is 230 g/mol.